The van der Waals surface area contributed by atoms with Crippen LogP contribution in [0.15, 0.2) is 46.7 Å². The van der Waals surface area contributed by atoms with E-state index in [0.29, 0.717) is 24.7 Å². The zero-order valence-corrected chi connectivity index (χ0v) is 18.0. The third-order valence-corrected chi connectivity index (χ3v) is 7.54. The first-order chi connectivity index (χ1) is 13.4. The van der Waals surface area contributed by atoms with Gasteiger partial charge in [0, 0.05) is 30.1 Å². The molecule has 1 aliphatic rings. The number of benzene rings is 1. The summed E-state index contributed by atoms with van der Waals surface area (Å²) in [5, 5.41) is 2.41. The fourth-order valence-corrected chi connectivity index (χ4v) is 5.01. The lowest BCUT2D eigenvalue weighted by atomic mass is 10.2. The van der Waals surface area contributed by atoms with Crippen LogP contribution in [0.5, 0.6) is 0 Å². The highest BCUT2D eigenvalue weighted by Crippen LogP contribution is 2.20. The number of hydrogen-bond acceptors (Lipinski definition) is 5. The molecule has 0 spiro atoms. The van der Waals surface area contributed by atoms with Crippen LogP contribution in [0.4, 0.5) is 0 Å². The number of halogens is 1. The molecule has 3 rings (SSSR count). The Kier molecular flexibility index (Phi) is 7.11. The summed E-state index contributed by atoms with van der Waals surface area (Å²) < 4.78 is 32.3. The Bertz CT molecular complexity index is 879. The number of amides is 1. The molecule has 1 aromatic heterocycles. The predicted molar refractivity (Wildman–Crippen MR) is 110 cm³/mol. The second-order valence-corrected chi connectivity index (χ2v) is 10.2. The van der Waals surface area contributed by atoms with E-state index < -0.39 is 10.0 Å². The number of ether oxygens (including phenoxy) is 1. The SMILES string of the molecule is CN(CC(=O)N(Cc1cccs1)CC1CCCO1)S(=O)(=O)c1ccc(Cl)cc1. The van der Waals surface area contributed by atoms with Crippen LogP contribution in [-0.2, 0) is 26.1 Å². The highest BCUT2D eigenvalue weighted by Gasteiger charge is 2.28. The third kappa shape index (κ3) is 5.33. The fraction of sp³-hybridized carbons (Fsp3) is 0.421. The van der Waals surface area contributed by atoms with Crippen molar-refractivity contribution in [1.29, 1.82) is 0 Å². The molecule has 1 saturated heterocycles. The number of likely N-dealkylation sites (N-methyl/N-ethyl adjacent to an activating group) is 1. The molecular formula is C19H23ClN2O4S2. The van der Waals surface area contributed by atoms with Crippen LogP contribution in [0.2, 0.25) is 5.02 Å². The Morgan fingerprint density at radius 3 is 2.64 bits per heavy atom. The number of sulfonamides is 1. The van der Waals surface area contributed by atoms with Gasteiger partial charge in [-0.3, -0.25) is 4.79 Å². The van der Waals surface area contributed by atoms with Gasteiger partial charge in [-0.25, -0.2) is 8.42 Å². The van der Waals surface area contributed by atoms with Gasteiger partial charge in [0.25, 0.3) is 0 Å². The predicted octanol–water partition coefficient (Wildman–Crippen LogP) is 3.23. The average Bonchev–Trinajstić information content (AvgIpc) is 3.35. The van der Waals surface area contributed by atoms with E-state index in [1.54, 1.807) is 16.2 Å². The first-order valence-corrected chi connectivity index (χ1v) is 11.7. The number of nitrogens with zero attached hydrogens (tertiary/aromatic N) is 2. The summed E-state index contributed by atoms with van der Waals surface area (Å²) in [6, 6.07) is 9.82. The minimum atomic E-state index is -3.78. The monoisotopic (exact) mass is 442 g/mol. The summed E-state index contributed by atoms with van der Waals surface area (Å²) in [5.41, 5.74) is 0. The van der Waals surface area contributed by atoms with Crippen LogP contribution in [0.25, 0.3) is 0 Å². The van der Waals surface area contributed by atoms with Crippen LogP contribution in [0, 0.1) is 0 Å². The second kappa shape index (κ2) is 9.37. The standard InChI is InChI=1S/C19H23ClN2O4S2/c1-21(28(24,25)18-8-6-15(20)7-9-18)14-19(23)22(12-16-4-2-10-26-16)13-17-5-3-11-27-17/h3,5-9,11,16H,2,4,10,12-14H2,1H3. The summed E-state index contributed by atoms with van der Waals surface area (Å²) in [6.07, 6.45) is 1.89. The zero-order chi connectivity index (χ0) is 20.1. The number of carbonyl (C=O) groups is 1. The van der Waals surface area contributed by atoms with Crippen molar-refractivity contribution in [1.82, 2.24) is 9.21 Å². The van der Waals surface area contributed by atoms with Crippen molar-refractivity contribution in [2.45, 2.75) is 30.4 Å². The van der Waals surface area contributed by atoms with Gasteiger partial charge >= 0.3 is 0 Å². The molecule has 1 fully saturated rings. The molecule has 0 saturated carbocycles. The van der Waals surface area contributed by atoms with E-state index >= 15 is 0 Å². The fourth-order valence-electron chi connectivity index (χ4n) is 3.04. The minimum absolute atomic E-state index is 0.00194. The highest BCUT2D eigenvalue weighted by molar-refractivity contribution is 7.89. The first kappa shape index (κ1) is 21.3. The van der Waals surface area contributed by atoms with E-state index in [-0.39, 0.29) is 23.5 Å². The summed E-state index contributed by atoms with van der Waals surface area (Å²) in [4.78, 5) is 15.8. The maximum Gasteiger partial charge on any atom is 0.243 e. The number of carbonyl (C=O) groups excluding carboxylic acids is 1. The molecule has 0 radical (unpaired) electrons. The van der Waals surface area contributed by atoms with E-state index in [1.807, 2.05) is 17.5 Å². The molecule has 1 atom stereocenters. The number of hydrogen-bond donors (Lipinski definition) is 0. The Balaban J connectivity index is 1.71. The van der Waals surface area contributed by atoms with Crippen molar-refractivity contribution < 1.29 is 17.9 Å². The zero-order valence-electron chi connectivity index (χ0n) is 15.6. The molecule has 152 valence electrons. The molecular weight excluding hydrogens is 420 g/mol. The molecule has 6 nitrogen and oxygen atoms in total. The van der Waals surface area contributed by atoms with Crippen LogP contribution < -0.4 is 0 Å². The van der Waals surface area contributed by atoms with Gasteiger partial charge in [0.05, 0.1) is 24.1 Å². The van der Waals surface area contributed by atoms with Gasteiger partial charge in [-0.05, 0) is 48.6 Å². The van der Waals surface area contributed by atoms with Crippen LogP contribution in [0.3, 0.4) is 0 Å². The first-order valence-electron chi connectivity index (χ1n) is 9.00. The lowest BCUT2D eigenvalue weighted by Gasteiger charge is -2.27. The summed E-state index contributed by atoms with van der Waals surface area (Å²) in [5.74, 6) is -0.246. The Labute approximate surface area is 174 Å². The van der Waals surface area contributed by atoms with Gasteiger partial charge in [0.2, 0.25) is 15.9 Å². The maximum atomic E-state index is 12.9. The second-order valence-electron chi connectivity index (χ2n) is 6.70. The topological polar surface area (TPSA) is 66.9 Å². The summed E-state index contributed by atoms with van der Waals surface area (Å²) in [6.45, 7) is 1.39. The Morgan fingerprint density at radius 1 is 1.29 bits per heavy atom. The van der Waals surface area contributed by atoms with Crippen molar-refractivity contribution in [3.63, 3.8) is 0 Å². The quantitative estimate of drug-likeness (QED) is 0.629. The molecule has 2 heterocycles. The lowest BCUT2D eigenvalue weighted by molar-refractivity contribution is -0.133. The number of rotatable bonds is 8. The normalized spacial score (nSPS) is 17.2. The molecule has 9 heteroatoms. The van der Waals surface area contributed by atoms with Crippen molar-refractivity contribution in [3.05, 3.63) is 51.7 Å². The van der Waals surface area contributed by atoms with E-state index in [4.69, 9.17) is 16.3 Å². The van der Waals surface area contributed by atoms with E-state index in [9.17, 15) is 13.2 Å². The van der Waals surface area contributed by atoms with Gasteiger partial charge in [-0.2, -0.15) is 4.31 Å². The summed E-state index contributed by atoms with van der Waals surface area (Å²) >= 11 is 7.41. The molecule has 1 amide bonds. The van der Waals surface area contributed by atoms with Crippen LogP contribution in [0.1, 0.15) is 17.7 Å². The molecule has 0 N–H and O–H groups in total. The lowest BCUT2D eigenvalue weighted by Crippen LogP contribution is -2.43. The van der Waals surface area contributed by atoms with Gasteiger partial charge < -0.3 is 9.64 Å². The number of thiophene rings is 1. The molecule has 1 aromatic carbocycles. The largest absolute Gasteiger partial charge is 0.376 e. The molecule has 28 heavy (non-hydrogen) atoms. The average molecular weight is 443 g/mol. The van der Waals surface area contributed by atoms with Crippen molar-refractivity contribution >= 4 is 38.9 Å². The Morgan fingerprint density at radius 2 is 2.04 bits per heavy atom. The molecule has 0 aliphatic carbocycles. The molecule has 2 aromatic rings. The highest BCUT2D eigenvalue weighted by atomic mass is 35.5. The van der Waals surface area contributed by atoms with E-state index in [2.05, 4.69) is 0 Å². The Hall–Kier alpha value is -1.45. The van der Waals surface area contributed by atoms with Gasteiger partial charge in [-0.15, -0.1) is 11.3 Å². The van der Waals surface area contributed by atoms with Gasteiger partial charge in [0.1, 0.15) is 0 Å². The van der Waals surface area contributed by atoms with Gasteiger partial charge in [0.15, 0.2) is 0 Å². The van der Waals surface area contributed by atoms with Crippen molar-refractivity contribution in [3.8, 4) is 0 Å². The van der Waals surface area contributed by atoms with Crippen molar-refractivity contribution in [2.75, 3.05) is 26.7 Å². The van der Waals surface area contributed by atoms with Crippen LogP contribution in [-0.4, -0.2) is 56.4 Å². The molecule has 1 unspecified atom stereocenters. The molecule has 1 aliphatic heterocycles. The summed E-state index contributed by atoms with van der Waals surface area (Å²) in [7, 11) is -2.36. The van der Waals surface area contributed by atoms with Gasteiger partial charge in [-0.1, -0.05) is 17.7 Å². The maximum absolute atomic E-state index is 12.9. The minimum Gasteiger partial charge on any atom is -0.376 e. The van der Waals surface area contributed by atoms with Crippen LogP contribution >= 0.6 is 22.9 Å². The van der Waals surface area contributed by atoms with E-state index in [1.165, 1.54) is 31.3 Å². The molecule has 0 bridgehead atoms. The third-order valence-electron chi connectivity index (χ3n) is 4.61. The van der Waals surface area contributed by atoms with Crippen molar-refractivity contribution in [2.24, 2.45) is 0 Å². The van der Waals surface area contributed by atoms with E-state index in [0.717, 1.165) is 22.0 Å². The smallest absolute Gasteiger partial charge is 0.243 e.